The number of epoxide rings is 5. The number of aliphatic hydroxyl groups excluding tert-OH is 1. The van der Waals surface area contributed by atoms with Crippen LogP contribution in [0, 0.1) is 49.2 Å². The van der Waals surface area contributed by atoms with Crippen molar-refractivity contribution < 1.29 is 142 Å². The summed E-state index contributed by atoms with van der Waals surface area (Å²) in [6, 6.07) is 39.1. The first-order chi connectivity index (χ1) is 61.6. The molecule has 0 amide bonds. The smallest absolute Gasteiger partial charge is 0.392 e. The molecule has 7 atom stereocenters. The van der Waals surface area contributed by atoms with Crippen molar-refractivity contribution in [3.8, 4) is 0 Å². The fourth-order valence-corrected chi connectivity index (χ4v) is 9.24. The Hall–Kier alpha value is -8.60. The summed E-state index contributed by atoms with van der Waals surface area (Å²) in [6.07, 6.45) is 3.62. The summed E-state index contributed by atoms with van der Waals surface area (Å²) in [4.78, 5) is 103. The van der Waals surface area contributed by atoms with Crippen LogP contribution in [-0.2, 0) is 123 Å². The molecule has 7 unspecified atom stereocenters. The average Bonchev–Trinajstić information content (AvgIpc) is 1.37. The molecule has 1 N–H and O–H groups in total. The van der Waals surface area contributed by atoms with Gasteiger partial charge in [0.05, 0.1) is 102 Å². The second-order valence-corrected chi connectivity index (χ2v) is 38.5. The Morgan fingerprint density at radius 2 is 0.606 bits per heavy atom. The summed E-state index contributed by atoms with van der Waals surface area (Å²) in [7, 11) is 0. The van der Waals surface area contributed by atoms with Crippen LogP contribution < -0.4 is 0 Å². The molecule has 5 fully saturated rings. The number of ether oxygens (including phenoxy) is 14. The zero-order valence-corrected chi connectivity index (χ0v) is 84.9. The van der Waals surface area contributed by atoms with E-state index in [4.69, 9.17) is 66.7 Å². The van der Waals surface area contributed by atoms with Gasteiger partial charge in [-0.15, -0.1) is 0 Å². The standard InChI is InChI=1S/C21H22O2.C13H18O2.C10H14.C9H15F3O2.4C9H16O3.C8H14O3.C8H16O3.10H2/c1-4-21(2,3)20(22)23-14-19-17-11-7-5-9-15(17)13-16-10-6-8-12-18(16)19;1-4-13(2,3)12(14)15-10-11-8-6-5-7-9-11;1-3-9(2)10-7-5-4-6-8-10;1-4-8(2,3)7(13)14-6-5-9(10,11)12;4*1-4-9(2,3)8(10)12-6-7-5-11-7;1-3-6(2)8(9)11-5-7-4-10-7;1-4-8(2,3)7(10)11-6-5-9;;;;;;;;;;/h5-13H,4,14H2,1-3H3;5-9H,4,10H2,1-3H3;4-9H,3H2,1-2H3;4-6H2,1-3H3;4*7H,4-6H2,1-3H3;6-7H,3-5H2,1-2H3;9H,4-6H2,1-3H3;10*1H. The summed E-state index contributed by atoms with van der Waals surface area (Å²) in [5, 5.41) is 13.0. The lowest BCUT2D eigenvalue weighted by molar-refractivity contribution is -0.166. The normalized spacial score (nSPS) is 16.7. The van der Waals surface area contributed by atoms with Crippen LogP contribution in [0.3, 0.4) is 0 Å². The minimum Gasteiger partial charge on any atom is -0.465 e. The van der Waals surface area contributed by atoms with E-state index < -0.39 is 41.4 Å². The molecule has 0 radical (unpaired) electrons. The Balaban J connectivity index is -0.000000171. The van der Waals surface area contributed by atoms with Crippen LogP contribution in [0.15, 0.2) is 115 Å². The molecule has 0 saturated carbocycles. The van der Waals surface area contributed by atoms with Gasteiger partial charge < -0.3 is 71.4 Å². The number of alkyl halides is 3. The predicted octanol–water partition coefficient (Wildman–Crippen LogP) is 24.6. The van der Waals surface area contributed by atoms with Crippen LogP contribution in [-0.4, -0.2) is 181 Å². The molecule has 5 heterocycles. The van der Waals surface area contributed by atoms with E-state index in [1.807, 2.05) is 214 Å². The van der Waals surface area contributed by atoms with Crippen LogP contribution in [0.5, 0.6) is 0 Å². The molecule has 27 heteroatoms. The minimum absolute atomic E-state index is 0. The second-order valence-electron chi connectivity index (χ2n) is 38.5. The van der Waals surface area contributed by atoms with Crippen molar-refractivity contribution in [2.24, 2.45) is 49.2 Å². The summed E-state index contributed by atoms with van der Waals surface area (Å²) in [5.41, 5.74) is 0.199. The van der Waals surface area contributed by atoms with Crippen molar-refractivity contribution >= 4 is 75.3 Å². The SMILES string of the molecule is CCC(C)(C)C(=O)OCC1CO1.CCC(C)(C)C(=O)OCC1CO1.CCC(C)(C)C(=O)OCC1CO1.CCC(C)(C)C(=O)OCC1CO1.CCC(C)(C)C(=O)OCCC(F)(F)F.CCC(C)(C)C(=O)OCCO.CCC(C)(C)C(=O)OCc1c2ccccc2cc2ccccc12.CCC(C)(C)C(=O)OCc1ccccc1.CCC(C)C(=O)OCC1CO1.CCC(C)c1ccccc1.[HH].[HH].[HH].[HH].[HH].[HH].[HH].[HH].[HH].[HH]. The van der Waals surface area contributed by atoms with Crippen LogP contribution in [0.1, 0.15) is 301 Å². The van der Waals surface area contributed by atoms with Crippen molar-refractivity contribution in [1.29, 1.82) is 0 Å². The number of aliphatic hydroxyl groups is 1. The number of esters is 9. The van der Waals surface area contributed by atoms with Gasteiger partial charge in [-0.3, -0.25) is 43.2 Å². The predicted molar refractivity (Wildman–Crippen MR) is 529 cm³/mol. The maximum Gasteiger partial charge on any atom is 0.392 e. The van der Waals surface area contributed by atoms with E-state index in [0.717, 1.165) is 106 Å². The second kappa shape index (κ2) is 60.0. The maximum absolute atomic E-state index is 12.3. The molecular formula is C105H183F3O24. The number of fused-ring (bicyclic) bond motifs is 2. The van der Waals surface area contributed by atoms with Crippen LogP contribution in [0.4, 0.5) is 13.2 Å². The van der Waals surface area contributed by atoms with Gasteiger partial charge in [0.1, 0.15) is 83.4 Å². The number of halogens is 3. The number of carbonyl (C=O) groups is 9. The zero-order chi connectivity index (χ0) is 100. The van der Waals surface area contributed by atoms with E-state index in [1.165, 1.54) is 22.8 Å². The number of rotatable bonds is 38. The number of hydrogen-bond acceptors (Lipinski definition) is 24. The highest BCUT2D eigenvalue weighted by atomic mass is 19.4. The van der Waals surface area contributed by atoms with Crippen molar-refractivity contribution in [3.63, 3.8) is 0 Å². The highest BCUT2D eigenvalue weighted by Crippen LogP contribution is 2.33. The number of hydrogen-bond donors (Lipinski definition) is 1. The third kappa shape index (κ3) is 50.7. The summed E-state index contributed by atoms with van der Waals surface area (Å²) >= 11 is 0. The third-order valence-corrected chi connectivity index (χ3v) is 23.9. The molecule has 10 rings (SSSR count). The van der Waals surface area contributed by atoms with Gasteiger partial charge in [-0.1, -0.05) is 192 Å². The maximum atomic E-state index is 12.3. The molecule has 5 saturated heterocycles. The van der Waals surface area contributed by atoms with Crippen LogP contribution >= 0.6 is 0 Å². The average molecular weight is 1890 g/mol. The van der Waals surface area contributed by atoms with Crippen molar-refractivity contribution in [2.45, 2.75) is 320 Å². The highest BCUT2D eigenvalue weighted by Gasteiger charge is 2.37. The first-order valence-electron chi connectivity index (χ1n) is 46.9. The summed E-state index contributed by atoms with van der Waals surface area (Å²) < 4.78 is 105. The first-order valence-corrected chi connectivity index (χ1v) is 46.9. The van der Waals surface area contributed by atoms with E-state index in [0.29, 0.717) is 58.6 Å². The Morgan fingerprint density at radius 3 is 0.879 bits per heavy atom. The van der Waals surface area contributed by atoms with Crippen molar-refractivity contribution in [1.82, 2.24) is 0 Å². The molecule has 24 nitrogen and oxygen atoms in total. The van der Waals surface area contributed by atoms with Gasteiger partial charge in [0, 0.05) is 19.8 Å². The number of carbonyl (C=O) groups excluding carboxylic acids is 9. The Labute approximate surface area is 801 Å². The topological polar surface area (TPSA) is 320 Å². The van der Waals surface area contributed by atoms with E-state index >= 15 is 0 Å². The monoisotopic (exact) mass is 1890 g/mol. The summed E-state index contributed by atoms with van der Waals surface area (Å²) in [5.74, 6) is -0.968. The molecule has 0 spiro atoms. The van der Waals surface area contributed by atoms with Gasteiger partial charge in [0.15, 0.2) is 0 Å². The van der Waals surface area contributed by atoms with Gasteiger partial charge in [-0.05, 0) is 220 Å². The molecule has 768 valence electrons. The fraction of sp³-hybridized carbons (Fsp3) is 0.667. The van der Waals surface area contributed by atoms with Crippen LogP contribution in [0.25, 0.3) is 21.5 Å². The molecule has 5 aromatic rings. The van der Waals surface area contributed by atoms with E-state index in [9.17, 15) is 56.3 Å². The quantitative estimate of drug-likeness (QED) is 0.0166. The fourth-order valence-electron chi connectivity index (χ4n) is 9.24. The molecule has 5 aliphatic heterocycles. The third-order valence-electron chi connectivity index (χ3n) is 23.9. The van der Waals surface area contributed by atoms with Gasteiger partial charge in [0.2, 0.25) is 0 Å². The molecule has 0 aromatic heterocycles. The van der Waals surface area contributed by atoms with Crippen molar-refractivity contribution in [2.75, 3.05) is 85.9 Å². The Kier molecular flexibility index (Phi) is 55.2. The van der Waals surface area contributed by atoms with Gasteiger partial charge >= 0.3 is 59.9 Å². The van der Waals surface area contributed by atoms with Gasteiger partial charge in [-0.2, -0.15) is 13.2 Å². The lowest BCUT2D eigenvalue weighted by Crippen LogP contribution is -2.27. The van der Waals surface area contributed by atoms with Crippen molar-refractivity contribution in [3.05, 3.63) is 132 Å². The van der Waals surface area contributed by atoms with Crippen LogP contribution in [0.2, 0.25) is 0 Å². The molecule has 0 aliphatic carbocycles. The highest BCUT2D eigenvalue weighted by molar-refractivity contribution is 6.02. The molecule has 0 bridgehead atoms. The Morgan fingerprint density at radius 1 is 0.348 bits per heavy atom. The number of benzene rings is 5. The summed E-state index contributed by atoms with van der Waals surface area (Å²) in [6.45, 7) is 59.6. The van der Waals surface area contributed by atoms with E-state index in [-0.39, 0.29) is 139 Å². The lowest BCUT2D eigenvalue weighted by Gasteiger charge is -2.21. The van der Waals surface area contributed by atoms with E-state index in [2.05, 4.69) is 79.2 Å². The first kappa shape index (κ1) is 121. The lowest BCUT2D eigenvalue weighted by atomic mass is 9.90. The Bertz CT molecular complexity index is 4010. The molecular weight excluding hydrogens is 1700 g/mol. The zero-order valence-electron chi connectivity index (χ0n) is 84.9. The molecule has 5 aliphatic rings. The molecule has 5 aromatic carbocycles. The van der Waals surface area contributed by atoms with Gasteiger partial charge in [-0.25, -0.2) is 0 Å². The molecule has 132 heavy (non-hydrogen) atoms. The van der Waals surface area contributed by atoms with E-state index in [1.54, 1.807) is 20.8 Å². The van der Waals surface area contributed by atoms with Gasteiger partial charge in [0.25, 0.3) is 0 Å². The largest absolute Gasteiger partial charge is 0.465 e. The minimum atomic E-state index is -4.27.